The number of fused-ring (bicyclic) bond motifs is 1. The molecule has 0 radical (unpaired) electrons. The summed E-state index contributed by atoms with van der Waals surface area (Å²) >= 11 is 11.3. The van der Waals surface area contributed by atoms with Crippen molar-refractivity contribution in [3.8, 4) is 0 Å². The number of halogens is 1. The quantitative estimate of drug-likeness (QED) is 0.840. The maximum atomic E-state index is 5.92. The summed E-state index contributed by atoms with van der Waals surface area (Å²) in [6, 6.07) is 2.19. The third-order valence-corrected chi connectivity index (χ3v) is 3.90. The second-order valence-corrected chi connectivity index (χ2v) is 5.27. The topological polar surface area (TPSA) is 33.6 Å². The number of aromatic nitrogens is 3. The predicted molar refractivity (Wildman–Crippen MR) is 74.1 cm³/mol. The Bertz CT molecular complexity index is 587. The van der Waals surface area contributed by atoms with Crippen LogP contribution in [0.1, 0.15) is 33.2 Å². The highest BCUT2D eigenvalue weighted by Gasteiger charge is 2.17. The lowest BCUT2D eigenvalue weighted by atomic mass is 10.0. The Labute approximate surface area is 111 Å². The lowest BCUT2D eigenvalue weighted by molar-refractivity contribution is 0.373. The molecule has 0 aliphatic carbocycles. The van der Waals surface area contributed by atoms with Crippen molar-refractivity contribution in [2.45, 2.75) is 33.2 Å². The molecule has 0 fully saturated rings. The average Bonchev–Trinajstić information content (AvgIpc) is 2.62. The zero-order valence-corrected chi connectivity index (χ0v) is 11.8. The zero-order valence-electron chi connectivity index (χ0n) is 10.2. The number of pyridine rings is 1. The normalized spacial score (nSPS) is 15.1. The minimum absolute atomic E-state index is 0.329. The first-order valence-corrected chi connectivity index (χ1v) is 6.59. The van der Waals surface area contributed by atoms with E-state index in [0.29, 0.717) is 21.8 Å². The molecule has 5 heteroatoms. The molecule has 17 heavy (non-hydrogen) atoms. The number of H-pyrrole nitrogens is 1. The second kappa shape index (κ2) is 4.78. The predicted octanol–water partition coefficient (Wildman–Crippen LogP) is 4.35. The van der Waals surface area contributed by atoms with Gasteiger partial charge in [0.15, 0.2) is 10.4 Å². The summed E-state index contributed by atoms with van der Waals surface area (Å²) in [7, 11) is 0. The first kappa shape index (κ1) is 12.6. The van der Waals surface area contributed by atoms with E-state index in [1.165, 1.54) is 0 Å². The minimum Gasteiger partial charge on any atom is -0.329 e. The maximum Gasteiger partial charge on any atom is 0.179 e. The van der Waals surface area contributed by atoms with Crippen LogP contribution in [0.15, 0.2) is 12.3 Å². The summed E-state index contributed by atoms with van der Waals surface area (Å²) in [4.78, 5) is 7.53. The molecule has 0 saturated carbocycles. The van der Waals surface area contributed by atoms with Crippen molar-refractivity contribution in [1.82, 2.24) is 14.5 Å². The van der Waals surface area contributed by atoms with Gasteiger partial charge in [0.25, 0.3) is 0 Å². The van der Waals surface area contributed by atoms with E-state index in [1.54, 1.807) is 6.20 Å². The fourth-order valence-corrected chi connectivity index (χ4v) is 2.48. The van der Waals surface area contributed by atoms with Crippen LogP contribution in [0.2, 0.25) is 5.02 Å². The van der Waals surface area contributed by atoms with Crippen molar-refractivity contribution >= 4 is 35.0 Å². The molecular weight excluding hydrogens is 254 g/mol. The van der Waals surface area contributed by atoms with E-state index >= 15 is 0 Å². The first-order valence-electron chi connectivity index (χ1n) is 5.80. The van der Waals surface area contributed by atoms with E-state index in [1.807, 2.05) is 6.07 Å². The van der Waals surface area contributed by atoms with Crippen LogP contribution in [0, 0.1) is 10.7 Å². The Morgan fingerprint density at radius 2 is 2.24 bits per heavy atom. The van der Waals surface area contributed by atoms with E-state index in [-0.39, 0.29) is 0 Å². The Hall–Kier alpha value is -0.870. The molecule has 0 spiro atoms. The van der Waals surface area contributed by atoms with Crippen molar-refractivity contribution in [3.63, 3.8) is 0 Å². The molecule has 0 aromatic carbocycles. The van der Waals surface area contributed by atoms with E-state index in [2.05, 4.69) is 35.3 Å². The summed E-state index contributed by atoms with van der Waals surface area (Å²) in [6.07, 6.45) is 2.77. The highest BCUT2D eigenvalue weighted by molar-refractivity contribution is 7.71. The molecule has 2 atom stereocenters. The zero-order chi connectivity index (χ0) is 12.6. The molecule has 2 heterocycles. The van der Waals surface area contributed by atoms with Crippen LogP contribution in [0.5, 0.6) is 0 Å². The third kappa shape index (κ3) is 2.24. The molecule has 0 bridgehead atoms. The number of rotatable bonds is 3. The number of nitrogens with one attached hydrogen (secondary N) is 1. The summed E-state index contributed by atoms with van der Waals surface area (Å²) in [5.41, 5.74) is 1.78. The Balaban J connectivity index is 2.61. The molecule has 92 valence electrons. The van der Waals surface area contributed by atoms with Gasteiger partial charge >= 0.3 is 0 Å². The summed E-state index contributed by atoms with van der Waals surface area (Å²) < 4.78 is 2.79. The molecule has 2 aromatic heterocycles. The van der Waals surface area contributed by atoms with Crippen LogP contribution in [-0.4, -0.2) is 14.5 Å². The van der Waals surface area contributed by atoms with Crippen LogP contribution < -0.4 is 0 Å². The summed E-state index contributed by atoms with van der Waals surface area (Å²) in [6.45, 7) is 6.58. The van der Waals surface area contributed by atoms with Gasteiger partial charge in [-0.05, 0) is 31.1 Å². The molecule has 2 rings (SSSR count). The number of imidazole rings is 1. The van der Waals surface area contributed by atoms with Gasteiger partial charge in [-0.25, -0.2) is 4.98 Å². The third-order valence-electron chi connectivity index (χ3n) is 3.40. The van der Waals surface area contributed by atoms with Gasteiger partial charge in [-0.1, -0.05) is 31.9 Å². The van der Waals surface area contributed by atoms with Gasteiger partial charge in [0.1, 0.15) is 0 Å². The molecule has 3 nitrogen and oxygen atoms in total. The molecule has 2 unspecified atom stereocenters. The highest BCUT2D eigenvalue weighted by Crippen LogP contribution is 2.25. The van der Waals surface area contributed by atoms with Gasteiger partial charge < -0.3 is 4.98 Å². The molecule has 0 saturated heterocycles. The van der Waals surface area contributed by atoms with Gasteiger partial charge in [-0.2, -0.15) is 0 Å². The lowest BCUT2D eigenvalue weighted by Gasteiger charge is -2.20. The minimum atomic E-state index is 0.329. The van der Waals surface area contributed by atoms with Crippen LogP contribution in [0.3, 0.4) is 0 Å². The SMILES string of the molecule is CCC(C)C(C)n1c(=S)[nH]c2cc(Cl)cnc21. The Morgan fingerprint density at radius 3 is 2.88 bits per heavy atom. The van der Waals surface area contributed by atoms with Crippen LogP contribution in [0.25, 0.3) is 11.2 Å². The van der Waals surface area contributed by atoms with Gasteiger partial charge in [0, 0.05) is 12.2 Å². The van der Waals surface area contributed by atoms with E-state index in [9.17, 15) is 0 Å². The number of hydrogen-bond acceptors (Lipinski definition) is 2. The molecule has 0 aliphatic rings. The first-order chi connectivity index (χ1) is 8.04. The number of hydrogen-bond donors (Lipinski definition) is 1. The van der Waals surface area contributed by atoms with Gasteiger partial charge in [-0.15, -0.1) is 0 Å². The number of nitrogens with zero attached hydrogens (tertiary/aromatic N) is 2. The fraction of sp³-hybridized carbons (Fsp3) is 0.500. The molecule has 2 aromatic rings. The average molecular weight is 270 g/mol. The Morgan fingerprint density at radius 1 is 1.53 bits per heavy atom. The van der Waals surface area contributed by atoms with Gasteiger partial charge in [0.2, 0.25) is 0 Å². The molecule has 1 N–H and O–H groups in total. The van der Waals surface area contributed by atoms with Crippen LogP contribution in [0.4, 0.5) is 0 Å². The highest BCUT2D eigenvalue weighted by atomic mass is 35.5. The summed E-state index contributed by atoms with van der Waals surface area (Å²) in [5.74, 6) is 0.554. The van der Waals surface area contributed by atoms with E-state index in [4.69, 9.17) is 23.8 Å². The molecular formula is C12H16ClN3S. The van der Waals surface area contributed by atoms with Crippen molar-refractivity contribution in [3.05, 3.63) is 22.1 Å². The largest absolute Gasteiger partial charge is 0.329 e. The van der Waals surface area contributed by atoms with Crippen molar-refractivity contribution in [1.29, 1.82) is 0 Å². The fourth-order valence-electron chi connectivity index (χ4n) is 1.96. The smallest absolute Gasteiger partial charge is 0.179 e. The van der Waals surface area contributed by atoms with Crippen molar-refractivity contribution < 1.29 is 0 Å². The number of aromatic amines is 1. The van der Waals surface area contributed by atoms with E-state index in [0.717, 1.165) is 17.6 Å². The van der Waals surface area contributed by atoms with Gasteiger partial charge in [0.05, 0.1) is 10.5 Å². The molecule has 0 aliphatic heterocycles. The molecule has 0 amide bonds. The van der Waals surface area contributed by atoms with Crippen molar-refractivity contribution in [2.75, 3.05) is 0 Å². The maximum absolute atomic E-state index is 5.92. The van der Waals surface area contributed by atoms with Crippen LogP contribution in [-0.2, 0) is 0 Å². The Kier molecular flexibility index (Phi) is 3.54. The van der Waals surface area contributed by atoms with Crippen LogP contribution >= 0.6 is 23.8 Å². The lowest BCUT2D eigenvalue weighted by Crippen LogP contribution is -2.13. The van der Waals surface area contributed by atoms with E-state index < -0.39 is 0 Å². The standard InChI is InChI=1S/C12H16ClN3S/c1-4-7(2)8(3)16-11-10(15-12(16)17)5-9(13)6-14-11/h5-8H,4H2,1-3H3,(H,15,17). The van der Waals surface area contributed by atoms with Gasteiger partial charge in [-0.3, -0.25) is 4.57 Å². The monoisotopic (exact) mass is 269 g/mol. The second-order valence-electron chi connectivity index (χ2n) is 4.45. The summed E-state index contributed by atoms with van der Waals surface area (Å²) in [5, 5.41) is 0.622. The van der Waals surface area contributed by atoms with Crippen molar-refractivity contribution in [2.24, 2.45) is 5.92 Å².